The van der Waals surface area contributed by atoms with Crippen molar-refractivity contribution < 1.29 is 4.74 Å². The van der Waals surface area contributed by atoms with E-state index in [-0.39, 0.29) is 0 Å². The first-order chi connectivity index (χ1) is 14.6. The molecule has 0 spiro atoms. The number of nitriles is 1. The van der Waals surface area contributed by atoms with Gasteiger partial charge in [0.15, 0.2) is 0 Å². The number of nitrogens with one attached hydrogen (secondary N) is 1. The minimum atomic E-state index is 0.423. The minimum Gasteiger partial charge on any atom is -0.492 e. The minimum absolute atomic E-state index is 0.423. The molecule has 30 heavy (non-hydrogen) atoms. The molecule has 0 amide bonds. The largest absolute Gasteiger partial charge is 0.492 e. The van der Waals surface area contributed by atoms with E-state index in [0.29, 0.717) is 30.2 Å². The summed E-state index contributed by atoms with van der Waals surface area (Å²) in [4.78, 5) is 7.15. The predicted molar refractivity (Wildman–Crippen MR) is 116 cm³/mol. The lowest BCUT2D eigenvalue weighted by molar-refractivity contribution is 0.270. The van der Waals surface area contributed by atoms with Crippen LogP contribution in [0.4, 0.5) is 5.82 Å². The highest BCUT2D eigenvalue weighted by Crippen LogP contribution is 2.32. The normalized spacial score (nSPS) is 20.7. The Hall–Kier alpha value is -3.11. The van der Waals surface area contributed by atoms with Crippen LogP contribution in [0.25, 0.3) is 16.6 Å². The maximum atomic E-state index is 9.55. The average Bonchev–Trinajstić information content (AvgIpc) is 3.33. The molecule has 2 aliphatic heterocycles. The van der Waals surface area contributed by atoms with Gasteiger partial charge in [0, 0.05) is 42.5 Å². The highest BCUT2D eigenvalue weighted by molar-refractivity contribution is 5.85. The molecule has 0 saturated carbocycles. The molecule has 7 nitrogen and oxygen atoms in total. The molecule has 5 rings (SSSR count). The summed E-state index contributed by atoms with van der Waals surface area (Å²) in [6.45, 7) is 6.87. The molecule has 7 heteroatoms. The van der Waals surface area contributed by atoms with Crippen molar-refractivity contribution >= 4 is 11.3 Å². The Morgan fingerprint density at radius 3 is 2.70 bits per heavy atom. The van der Waals surface area contributed by atoms with E-state index in [4.69, 9.17) is 9.72 Å². The maximum absolute atomic E-state index is 9.55. The number of rotatable bonds is 5. The average molecular weight is 403 g/mol. The van der Waals surface area contributed by atoms with Crippen LogP contribution in [0, 0.1) is 17.2 Å². The second-order valence-corrected chi connectivity index (χ2v) is 8.71. The summed E-state index contributed by atoms with van der Waals surface area (Å²) in [7, 11) is 0. The van der Waals surface area contributed by atoms with Gasteiger partial charge < -0.3 is 15.0 Å². The van der Waals surface area contributed by atoms with E-state index in [1.165, 1.54) is 12.8 Å². The summed E-state index contributed by atoms with van der Waals surface area (Å²) in [6, 6.07) is 9.55. The van der Waals surface area contributed by atoms with E-state index >= 15 is 0 Å². The van der Waals surface area contributed by atoms with E-state index in [1.54, 1.807) is 10.7 Å². The van der Waals surface area contributed by atoms with Crippen molar-refractivity contribution in [1.29, 1.82) is 5.26 Å². The second kappa shape index (κ2) is 7.62. The zero-order valence-electron chi connectivity index (χ0n) is 17.4. The van der Waals surface area contributed by atoms with E-state index in [1.807, 2.05) is 18.5 Å². The van der Waals surface area contributed by atoms with Crippen LogP contribution < -0.4 is 15.0 Å². The fourth-order valence-electron chi connectivity index (χ4n) is 4.46. The Balaban J connectivity index is 1.50. The molecule has 2 unspecified atom stereocenters. The number of ether oxygens (including phenoxy) is 1. The first kappa shape index (κ1) is 18.9. The zero-order valence-corrected chi connectivity index (χ0v) is 17.4. The number of fused-ring (bicyclic) bond motifs is 3. The van der Waals surface area contributed by atoms with Gasteiger partial charge >= 0.3 is 0 Å². The highest BCUT2D eigenvalue weighted by Gasteiger charge is 2.32. The third-order valence-electron chi connectivity index (χ3n) is 5.89. The van der Waals surface area contributed by atoms with Gasteiger partial charge in [0.05, 0.1) is 30.1 Å². The number of pyridine rings is 2. The Kier molecular flexibility index (Phi) is 4.80. The van der Waals surface area contributed by atoms with Gasteiger partial charge in [-0.2, -0.15) is 10.4 Å². The van der Waals surface area contributed by atoms with Gasteiger partial charge in [0.25, 0.3) is 0 Å². The third-order valence-corrected chi connectivity index (χ3v) is 5.89. The predicted octanol–water partition coefficient (Wildman–Crippen LogP) is 3.24. The van der Waals surface area contributed by atoms with Crippen LogP contribution in [0.2, 0.25) is 0 Å². The van der Waals surface area contributed by atoms with Crippen molar-refractivity contribution in [2.75, 3.05) is 24.6 Å². The van der Waals surface area contributed by atoms with Crippen LogP contribution in [-0.2, 0) is 0 Å². The van der Waals surface area contributed by atoms with Crippen molar-refractivity contribution in [2.24, 2.45) is 5.92 Å². The number of piperazine rings is 1. The molecule has 0 aromatic carbocycles. The Morgan fingerprint density at radius 1 is 1.23 bits per heavy atom. The van der Waals surface area contributed by atoms with Crippen LogP contribution in [-0.4, -0.2) is 46.4 Å². The Labute approximate surface area is 176 Å². The van der Waals surface area contributed by atoms with E-state index < -0.39 is 0 Å². The zero-order chi connectivity index (χ0) is 20.7. The van der Waals surface area contributed by atoms with Gasteiger partial charge in [-0.05, 0) is 37.0 Å². The van der Waals surface area contributed by atoms with Gasteiger partial charge in [0.1, 0.15) is 17.6 Å². The lowest BCUT2D eigenvalue weighted by atomic mass is 10.1. The quantitative estimate of drug-likeness (QED) is 0.706. The van der Waals surface area contributed by atoms with E-state index in [0.717, 1.165) is 41.3 Å². The fraction of sp³-hybridized carbons (Fsp3) is 0.435. The molecular formula is C23H26N6O. The molecular weight excluding hydrogens is 376 g/mol. The van der Waals surface area contributed by atoms with Crippen LogP contribution in [0.3, 0.4) is 0 Å². The first-order valence-electron chi connectivity index (χ1n) is 10.6. The monoisotopic (exact) mass is 402 g/mol. The topological polar surface area (TPSA) is 78.5 Å². The van der Waals surface area contributed by atoms with Gasteiger partial charge in [-0.25, -0.2) is 9.50 Å². The highest BCUT2D eigenvalue weighted by atomic mass is 16.5. The molecule has 1 N–H and O–H groups in total. The number of nitrogens with zero attached hydrogens (tertiary/aromatic N) is 5. The molecule has 154 valence electrons. The van der Waals surface area contributed by atoms with Gasteiger partial charge in [-0.15, -0.1) is 0 Å². The standard InChI is InChI=1S/C23H26N6O/c1-15(2)14-30-20-7-21(23-17(8-24)10-26-29(23)13-20)16-3-6-22(25-9-16)28-11-18-4-5-19(12-28)27-18/h3,6-7,9-10,13,15,18-19,27H,4-5,11-12,14H2,1-2H3. The van der Waals surface area contributed by atoms with Gasteiger partial charge in [0.2, 0.25) is 0 Å². The maximum Gasteiger partial charge on any atom is 0.138 e. The first-order valence-corrected chi connectivity index (χ1v) is 10.6. The SMILES string of the molecule is CC(C)COc1cc(-c2ccc(N3CC4CCC(C3)N4)nc2)c2c(C#N)cnn2c1. The number of aromatic nitrogens is 3. The number of hydrogen-bond acceptors (Lipinski definition) is 6. The van der Waals surface area contributed by atoms with E-state index in [9.17, 15) is 5.26 Å². The van der Waals surface area contributed by atoms with Crippen molar-refractivity contribution in [3.05, 3.63) is 42.4 Å². The van der Waals surface area contributed by atoms with Gasteiger partial charge in [-0.3, -0.25) is 0 Å². The molecule has 3 aromatic heterocycles. The molecule has 0 aliphatic carbocycles. The summed E-state index contributed by atoms with van der Waals surface area (Å²) < 4.78 is 7.68. The summed E-state index contributed by atoms with van der Waals surface area (Å²) in [5.74, 6) is 2.17. The van der Waals surface area contributed by atoms with Crippen LogP contribution in [0.5, 0.6) is 5.75 Å². The third kappa shape index (κ3) is 3.48. The molecule has 2 atom stereocenters. The summed E-state index contributed by atoms with van der Waals surface area (Å²) >= 11 is 0. The fourth-order valence-corrected chi connectivity index (χ4v) is 4.46. The summed E-state index contributed by atoms with van der Waals surface area (Å²) in [5.41, 5.74) is 3.19. The molecule has 2 aliphatic rings. The summed E-state index contributed by atoms with van der Waals surface area (Å²) in [6.07, 6.45) is 7.83. The molecule has 0 radical (unpaired) electrons. The molecule has 2 bridgehead atoms. The molecule has 3 aromatic rings. The van der Waals surface area contributed by atoms with Gasteiger partial charge in [-0.1, -0.05) is 13.8 Å². The van der Waals surface area contributed by atoms with Crippen molar-refractivity contribution in [2.45, 2.75) is 38.8 Å². The number of anilines is 1. The Morgan fingerprint density at radius 2 is 2.03 bits per heavy atom. The van der Waals surface area contributed by atoms with Crippen molar-refractivity contribution in [3.63, 3.8) is 0 Å². The summed E-state index contributed by atoms with van der Waals surface area (Å²) in [5, 5.41) is 17.6. The lowest BCUT2D eigenvalue weighted by Crippen LogP contribution is -2.51. The van der Waals surface area contributed by atoms with Crippen LogP contribution >= 0.6 is 0 Å². The molecule has 2 saturated heterocycles. The van der Waals surface area contributed by atoms with Crippen molar-refractivity contribution in [3.8, 4) is 22.9 Å². The lowest BCUT2D eigenvalue weighted by Gasteiger charge is -2.33. The molecule has 5 heterocycles. The Bertz CT molecular complexity index is 1090. The van der Waals surface area contributed by atoms with Crippen LogP contribution in [0.15, 0.2) is 36.8 Å². The van der Waals surface area contributed by atoms with Crippen LogP contribution in [0.1, 0.15) is 32.3 Å². The molecule has 2 fully saturated rings. The van der Waals surface area contributed by atoms with Crippen molar-refractivity contribution in [1.82, 2.24) is 19.9 Å². The van der Waals surface area contributed by atoms with E-state index in [2.05, 4.69) is 47.4 Å². The smallest absolute Gasteiger partial charge is 0.138 e. The number of hydrogen-bond donors (Lipinski definition) is 1. The second-order valence-electron chi connectivity index (χ2n) is 8.71.